The summed E-state index contributed by atoms with van der Waals surface area (Å²) in [5.41, 5.74) is 0.387. The van der Waals surface area contributed by atoms with E-state index in [0.717, 1.165) is 18.9 Å². The zero-order valence-electron chi connectivity index (χ0n) is 10.1. The number of aromatic nitrogens is 2. The van der Waals surface area contributed by atoms with Crippen molar-refractivity contribution < 1.29 is 0 Å². The minimum absolute atomic E-state index is 0.387. The molecule has 0 spiro atoms. The smallest absolute Gasteiger partial charge is 0.110 e. The first-order valence-electron chi connectivity index (χ1n) is 6.59. The van der Waals surface area contributed by atoms with Crippen molar-refractivity contribution in [2.45, 2.75) is 51.1 Å². The van der Waals surface area contributed by atoms with E-state index in [1.165, 1.54) is 38.1 Å². The average Bonchev–Trinajstić information content (AvgIpc) is 2.90. The van der Waals surface area contributed by atoms with E-state index in [4.69, 9.17) is 0 Å². The predicted octanol–water partition coefficient (Wildman–Crippen LogP) is 1.98. The Morgan fingerprint density at radius 3 is 3.06 bits per heavy atom. The first kappa shape index (κ1) is 10.3. The fourth-order valence-electron chi connectivity index (χ4n) is 3.19. The monoisotopic (exact) mass is 219 g/mol. The summed E-state index contributed by atoms with van der Waals surface area (Å²) in [6.45, 7) is 4.43. The molecule has 3 rings (SSSR count). The lowest BCUT2D eigenvalue weighted by atomic mass is 9.87. The molecule has 1 aromatic heterocycles. The van der Waals surface area contributed by atoms with Gasteiger partial charge in [-0.1, -0.05) is 0 Å². The molecule has 1 aliphatic heterocycles. The number of imidazole rings is 1. The molecule has 1 aliphatic carbocycles. The summed E-state index contributed by atoms with van der Waals surface area (Å²) in [5.74, 6) is 2.18. The summed E-state index contributed by atoms with van der Waals surface area (Å²) >= 11 is 0. The van der Waals surface area contributed by atoms with Crippen molar-refractivity contribution in [3.05, 3.63) is 18.2 Å². The number of hydrogen-bond acceptors (Lipinski definition) is 2. The van der Waals surface area contributed by atoms with Gasteiger partial charge in [0.25, 0.3) is 0 Å². The van der Waals surface area contributed by atoms with Crippen LogP contribution in [0.15, 0.2) is 12.4 Å². The second-order valence-electron chi connectivity index (χ2n) is 5.27. The Kier molecular flexibility index (Phi) is 2.51. The number of nitrogens with zero attached hydrogens (tertiary/aromatic N) is 2. The lowest BCUT2D eigenvalue weighted by molar-refractivity contribution is 0.313. The predicted molar refractivity (Wildman–Crippen MR) is 64.3 cm³/mol. The normalized spacial score (nSPS) is 29.8. The quantitative estimate of drug-likeness (QED) is 0.839. The van der Waals surface area contributed by atoms with Crippen LogP contribution in [-0.2, 0) is 13.0 Å². The standard InChI is InChI=1S/C13H21N3/c1-2-16-9-8-14-12(16)10-13(11-4-5-11)6-3-7-15-13/h8-9,11,15H,2-7,10H2,1H3. The van der Waals surface area contributed by atoms with E-state index < -0.39 is 0 Å². The van der Waals surface area contributed by atoms with Crippen LogP contribution < -0.4 is 5.32 Å². The van der Waals surface area contributed by atoms with E-state index in [1.54, 1.807) is 0 Å². The zero-order chi connectivity index (χ0) is 11.0. The Bertz CT molecular complexity index is 359. The van der Waals surface area contributed by atoms with E-state index in [9.17, 15) is 0 Å². The van der Waals surface area contributed by atoms with Crippen LogP contribution in [0.2, 0.25) is 0 Å². The first-order chi connectivity index (χ1) is 7.84. The molecule has 0 aromatic carbocycles. The molecule has 1 unspecified atom stereocenters. The van der Waals surface area contributed by atoms with Gasteiger partial charge in [0, 0.05) is 30.9 Å². The second kappa shape index (κ2) is 3.88. The third kappa shape index (κ3) is 1.67. The fourth-order valence-corrected chi connectivity index (χ4v) is 3.19. The highest BCUT2D eigenvalue weighted by Gasteiger charge is 2.47. The molecule has 2 heterocycles. The molecule has 0 radical (unpaired) electrons. The molecule has 1 saturated carbocycles. The Labute approximate surface area is 97.3 Å². The number of hydrogen-bond donors (Lipinski definition) is 1. The number of aryl methyl sites for hydroxylation is 1. The highest BCUT2D eigenvalue weighted by Crippen LogP contribution is 2.45. The maximum atomic E-state index is 4.53. The molecular formula is C13H21N3. The van der Waals surface area contributed by atoms with Gasteiger partial charge in [0.05, 0.1) is 0 Å². The van der Waals surface area contributed by atoms with Crippen LogP contribution >= 0.6 is 0 Å². The first-order valence-corrected chi connectivity index (χ1v) is 6.59. The van der Waals surface area contributed by atoms with E-state index in [2.05, 4.69) is 28.0 Å². The van der Waals surface area contributed by atoms with Crippen molar-refractivity contribution in [1.29, 1.82) is 0 Å². The molecule has 3 nitrogen and oxygen atoms in total. The zero-order valence-corrected chi connectivity index (χ0v) is 10.1. The molecule has 1 atom stereocenters. The third-order valence-electron chi connectivity index (χ3n) is 4.25. The highest BCUT2D eigenvalue weighted by molar-refractivity contribution is 5.10. The Morgan fingerprint density at radius 2 is 2.44 bits per heavy atom. The topological polar surface area (TPSA) is 29.9 Å². The maximum absolute atomic E-state index is 4.53. The molecule has 2 fully saturated rings. The van der Waals surface area contributed by atoms with E-state index in [1.807, 2.05) is 6.20 Å². The van der Waals surface area contributed by atoms with Crippen molar-refractivity contribution in [2.24, 2.45) is 5.92 Å². The highest BCUT2D eigenvalue weighted by atomic mass is 15.1. The van der Waals surface area contributed by atoms with Crippen LogP contribution in [0.3, 0.4) is 0 Å². The molecule has 0 amide bonds. The van der Waals surface area contributed by atoms with Crippen molar-refractivity contribution in [2.75, 3.05) is 6.54 Å². The third-order valence-corrected chi connectivity index (χ3v) is 4.25. The minimum Gasteiger partial charge on any atom is -0.335 e. The molecule has 1 N–H and O–H groups in total. The van der Waals surface area contributed by atoms with Gasteiger partial charge in [0.15, 0.2) is 0 Å². The Balaban J connectivity index is 1.81. The van der Waals surface area contributed by atoms with Crippen molar-refractivity contribution >= 4 is 0 Å². The molecule has 3 heteroatoms. The van der Waals surface area contributed by atoms with E-state index in [-0.39, 0.29) is 0 Å². The summed E-state index contributed by atoms with van der Waals surface area (Å²) in [4.78, 5) is 4.53. The van der Waals surface area contributed by atoms with Gasteiger partial charge in [-0.15, -0.1) is 0 Å². The van der Waals surface area contributed by atoms with Crippen molar-refractivity contribution in [3.8, 4) is 0 Å². The van der Waals surface area contributed by atoms with Gasteiger partial charge in [-0.3, -0.25) is 0 Å². The van der Waals surface area contributed by atoms with Gasteiger partial charge in [0.2, 0.25) is 0 Å². The molecule has 0 bridgehead atoms. The summed E-state index contributed by atoms with van der Waals surface area (Å²) in [6, 6.07) is 0. The van der Waals surface area contributed by atoms with Crippen LogP contribution in [0.5, 0.6) is 0 Å². The summed E-state index contributed by atoms with van der Waals surface area (Å²) in [6.07, 6.45) is 10.7. The molecule has 2 aliphatic rings. The van der Waals surface area contributed by atoms with Crippen LogP contribution in [0.25, 0.3) is 0 Å². The lowest BCUT2D eigenvalue weighted by Crippen LogP contribution is -2.44. The van der Waals surface area contributed by atoms with E-state index in [0.29, 0.717) is 5.54 Å². The van der Waals surface area contributed by atoms with Crippen molar-refractivity contribution in [1.82, 2.24) is 14.9 Å². The van der Waals surface area contributed by atoms with Crippen LogP contribution in [-0.4, -0.2) is 21.6 Å². The number of nitrogens with one attached hydrogen (secondary N) is 1. The van der Waals surface area contributed by atoms with Gasteiger partial charge in [-0.25, -0.2) is 4.98 Å². The summed E-state index contributed by atoms with van der Waals surface area (Å²) in [7, 11) is 0. The molecule has 1 aromatic rings. The minimum atomic E-state index is 0.387. The van der Waals surface area contributed by atoms with Gasteiger partial charge >= 0.3 is 0 Å². The largest absolute Gasteiger partial charge is 0.335 e. The van der Waals surface area contributed by atoms with Gasteiger partial charge in [-0.05, 0) is 45.1 Å². The molecular weight excluding hydrogens is 198 g/mol. The number of rotatable bonds is 4. The van der Waals surface area contributed by atoms with Gasteiger partial charge in [0.1, 0.15) is 5.82 Å². The maximum Gasteiger partial charge on any atom is 0.110 e. The molecule has 16 heavy (non-hydrogen) atoms. The van der Waals surface area contributed by atoms with Crippen LogP contribution in [0.1, 0.15) is 38.4 Å². The van der Waals surface area contributed by atoms with E-state index >= 15 is 0 Å². The van der Waals surface area contributed by atoms with Gasteiger partial charge < -0.3 is 9.88 Å². The summed E-state index contributed by atoms with van der Waals surface area (Å²) < 4.78 is 2.28. The average molecular weight is 219 g/mol. The Hall–Kier alpha value is -0.830. The summed E-state index contributed by atoms with van der Waals surface area (Å²) in [5, 5.41) is 3.77. The second-order valence-corrected chi connectivity index (χ2v) is 5.27. The van der Waals surface area contributed by atoms with Crippen molar-refractivity contribution in [3.63, 3.8) is 0 Å². The molecule has 1 saturated heterocycles. The SMILES string of the molecule is CCn1ccnc1CC1(C2CC2)CCCN1. The van der Waals surface area contributed by atoms with Gasteiger partial charge in [-0.2, -0.15) is 0 Å². The lowest BCUT2D eigenvalue weighted by Gasteiger charge is -2.29. The molecule has 88 valence electrons. The van der Waals surface area contributed by atoms with Crippen LogP contribution in [0.4, 0.5) is 0 Å². The fraction of sp³-hybridized carbons (Fsp3) is 0.769. The van der Waals surface area contributed by atoms with Crippen LogP contribution in [0, 0.1) is 5.92 Å². The Morgan fingerprint density at radius 1 is 1.56 bits per heavy atom.